The van der Waals surface area contributed by atoms with Crippen molar-refractivity contribution in [2.75, 3.05) is 0 Å². The summed E-state index contributed by atoms with van der Waals surface area (Å²) in [5, 5.41) is 0. The van der Waals surface area contributed by atoms with Crippen molar-refractivity contribution in [1.29, 1.82) is 0 Å². The Kier molecular flexibility index (Phi) is 1.84. The third kappa shape index (κ3) is 1.12. The second kappa shape index (κ2) is 3.11. The third-order valence-corrected chi connectivity index (χ3v) is 3.73. The molecule has 2 aliphatic rings. The molecule has 0 saturated heterocycles. The molecular formula is C15H15N. The van der Waals surface area contributed by atoms with Crippen LogP contribution in [0.1, 0.15) is 18.1 Å². The number of benzene rings is 1. The van der Waals surface area contributed by atoms with Gasteiger partial charge in [0.1, 0.15) is 0 Å². The molecule has 0 aromatic heterocycles. The highest BCUT2D eigenvalue weighted by Crippen LogP contribution is 2.44. The van der Waals surface area contributed by atoms with Crippen LogP contribution in [0.5, 0.6) is 0 Å². The van der Waals surface area contributed by atoms with Crippen LogP contribution in [0.15, 0.2) is 54.3 Å². The van der Waals surface area contributed by atoms with Gasteiger partial charge in [0.05, 0.1) is 0 Å². The van der Waals surface area contributed by atoms with E-state index in [1.165, 1.54) is 11.1 Å². The average molecular weight is 209 g/mol. The Labute approximate surface area is 96.0 Å². The molecule has 1 aromatic rings. The summed E-state index contributed by atoms with van der Waals surface area (Å²) in [5.74, 6) is 0.299. The standard InChI is InChI=1S/C15H15N/c1-15-9-5-4-8-13(15)14(16)10-11-6-2-3-7-12(11)15/h2-10,13H,16H2,1H3. The minimum atomic E-state index is 0.0180. The highest BCUT2D eigenvalue weighted by atomic mass is 14.6. The first-order valence-electron chi connectivity index (χ1n) is 5.64. The van der Waals surface area contributed by atoms with Crippen molar-refractivity contribution < 1.29 is 0 Å². The summed E-state index contributed by atoms with van der Waals surface area (Å²) >= 11 is 0. The molecule has 1 nitrogen and oxygen atoms in total. The Morgan fingerprint density at radius 2 is 2.00 bits per heavy atom. The van der Waals surface area contributed by atoms with Gasteiger partial charge in [-0.1, -0.05) is 55.5 Å². The number of rotatable bonds is 0. The van der Waals surface area contributed by atoms with Gasteiger partial charge in [0.25, 0.3) is 0 Å². The van der Waals surface area contributed by atoms with Crippen LogP contribution in [0.4, 0.5) is 0 Å². The molecule has 0 aliphatic heterocycles. The second-order valence-electron chi connectivity index (χ2n) is 4.74. The van der Waals surface area contributed by atoms with Crippen LogP contribution >= 0.6 is 0 Å². The first-order valence-corrected chi connectivity index (χ1v) is 5.64. The van der Waals surface area contributed by atoms with Gasteiger partial charge in [-0.15, -0.1) is 0 Å². The largest absolute Gasteiger partial charge is 0.402 e. The number of nitrogens with two attached hydrogens (primary N) is 1. The fourth-order valence-corrected chi connectivity index (χ4v) is 2.83. The summed E-state index contributed by atoms with van der Waals surface area (Å²) in [7, 11) is 0. The fourth-order valence-electron chi connectivity index (χ4n) is 2.83. The molecule has 2 atom stereocenters. The van der Waals surface area contributed by atoms with Gasteiger partial charge in [0.15, 0.2) is 0 Å². The van der Waals surface area contributed by atoms with Crippen LogP contribution in [0.3, 0.4) is 0 Å². The monoisotopic (exact) mass is 209 g/mol. The van der Waals surface area contributed by atoms with Gasteiger partial charge < -0.3 is 5.73 Å². The zero-order valence-corrected chi connectivity index (χ0v) is 9.35. The predicted octanol–water partition coefficient (Wildman–Crippen LogP) is 3.00. The average Bonchev–Trinajstić information content (AvgIpc) is 2.29. The molecule has 0 saturated carbocycles. The van der Waals surface area contributed by atoms with E-state index in [9.17, 15) is 0 Å². The molecule has 0 bridgehead atoms. The Morgan fingerprint density at radius 3 is 2.88 bits per heavy atom. The van der Waals surface area contributed by atoms with Gasteiger partial charge in [0, 0.05) is 17.0 Å². The zero-order valence-electron chi connectivity index (χ0n) is 9.35. The lowest BCUT2D eigenvalue weighted by Gasteiger charge is -2.40. The van der Waals surface area contributed by atoms with Gasteiger partial charge in [-0.3, -0.25) is 0 Å². The van der Waals surface area contributed by atoms with Crippen LogP contribution in [-0.2, 0) is 5.41 Å². The molecule has 0 fully saturated rings. The molecule has 1 aromatic carbocycles. The van der Waals surface area contributed by atoms with Crippen LogP contribution in [-0.4, -0.2) is 0 Å². The summed E-state index contributed by atoms with van der Waals surface area (Å²) < 4.78 is 0. The topological polar surface area (TPSA) is 26.0 Å². The number of fused-ring (bicyclic) bond motifs is 3. The van der Waals surface area contributed by atoms with Crippen LogP contribution < -0.4 is 5.73 Å². The Bertz CT molecular complexity index is 522. The molecule has 80 valence electrons. The first-order chi connectivity index (χ1) is 7.72. The van der Waals surface area contributed by atoms with Gasteiger partial charge in [0.2, 0.25) is 0 Å². The molecular weight excluding hydrogens is 194 g/mol. The molecule has 0 radical (unpaired) electrons. The minimum absolute atomic E-state index is 0.0180. The van der Waals surface area contributed by atoms with E-state index in [0.29, 0.717) is 5.92 Å². The Morgan fingerprint density at radius 1 is 1.19 bits per heavy atom. The Balaban J connectivity index is 2.28. The van der Waals surface area contributed by atoms with E-state index >= 15 is 0 Å². The van der Waals surface area contributed by atoms with Crippen LogP contribution in [0, 0.1) is 5.92 Å². The van der Waals surface area contributed by atoms with Crippen LogP contribution in [0.2, 0.25) is 0 Å². The number of hydrogen-bond donors (Lipinski definition) is 1. The van der Waals surface area contributed by atoms with Crippen molar-refractivity contribution in [3.63, 3.8) is 0 Å². The summed E-state index contributed by atoms with van der Waals surface area (Å²) in [6.45, 7) is 2.26. The normalized spacial score (nSPS) is 30.6. The predicted molar refractivity (Wildman–Crippen MR) is 67.7 cm³/mol. The second-order valence-corrected chi connectivity index (χ2v) is 4.74. The summed E-state index contributed by atoms with van der Waals surface area (Å²) in [4.78, 5) is 0. The minimum Gasteiger partial charge on any atom is -0.402 e. The Hall–Kier alpha value is -1.76. The zero-order chi connectivity index (χ0) is 11.2. The quantitative estimate of drug-likeness (QED) is 0.698. The maximum Gasteiger partial charge on any atom is 0.0297 e. The third-order valence-electron chi connectivity index (χ3n) is 3.73. The fraction of sp³-hybridized carbons (Fsp3) is 0.200. The summed E-state index contributed by atoms with van der Waals surface area (Å²) in [6, 6.07) is 8.50. The SMILES string of the molecule is CC12C=CC=CC1C(N)=Cc1ccccc12. The van der Waals surface area contributed by atoms with Crippen LogP contribution in [0.25, 0.3) is 6.08 Å². The van der Waals surface area contributed by atoms with E-state index < -0.39 is 0 Å². The molecule has 2 N–H and O–H groups in total. The lowest BCUT2D eigenvalue weighted by atomic mass is 9.64. The summed E-state index contributed by atoms with van der Waals surface area (Å²) in [5.41, 5.74) is 9.76. The van der Waals surface area contributed by atoms with Crippen molar-refractivity contribution in [3.05, 3.63) is 65.4 Å². The van der Waals surface area contributed by atoms with E-state index in [1.54, 1.807) is 0 Å². The van der Waals surface area contributed by atoms with Crippen molar-refractivity contribution in [1.82, 2.24) is 0 Å². The number of allylic oxidation sites excluding steroid dienone is 4. The molecule has 0 heterocycles. The van der Waals surface area contributed by atoms with E-state index in [0.717, 1.165) is 5.70 Å². The maximum atomic E-state index is 6.17. The van der Waals surface area contributed by atoms with Crippen molar-refractivity contribution in [3.8, 4) is 0 Å². The lowest BCUT2D eigenvalue weighted by molar-refractivity contribution is 0.469. The molecule has 16 heavy (non-hydrogen) atoms. The van der Waals surface area contributed by atoms with Gasteiger partial charge >= 0.3 is 0 Å². The maximum absolute atomic E-state index is 6.17. The van der Waals surface area contributed by atoms with E-state index in [1.807, 2.05) is 0 Å². The van der Waals surface area contributed by atoms with Gasteiger partial charge in [-0.2, -0.15) is 0 Å². The highest BCUT2D eigenvalue weighted by molar-refractivity contribution is 5.65. The van der Waals surface area contributed by atoms with Crippen molar-refractivity contribution >= 4 is 6.08 Å². The van der Waals surface area contributed by atoms with E-state index in [4.69, 9.17) is 5.73 Å². The van der Waals surface area contributed by atoms with Crippen molar-refractivity contribution in [2.45, 2.75) is 12.3 Å². The van der Waals surface area contributed by atoms with E-state index in [2.05, 4.69) is 61.6 Å². The van der Waals surface area contributed by atoms with Crippen molar-refractivity contribution in [2.24, 2.45) is 11.7 Å². The molecule has 1 heteroatoms. The molecule has 2 unspecified atom stereocenters. The molecule has 3 rings (SSSR count). The van der Waals surface area contributed by atoms with Gasteiger partial charge in [-0.25, -0.2) is 0 Å². The molecule has 0 spiro atoms. The molecule has 0 amide bonds. The summed E-state index contributed by atoms with van der Waals surface area (Å²) in [6.07, 6.45) is 10.8. The smallest absolute Gasteiger partial charge is 0.0297 e. The highest BCUT2D eigenvalue weighted by Gasteiger charge is 2.38. The lowest BCUT2D eigenvalue weighted by Crippen LogP contribution is -2.36. The first kappa shape index (κ1) is 9.46. The van der Waals surface area contributed by atoms with Gasteiger partial charge in [-0.05, 0) is 17.2 Å². The van der Waals surface area contributed by atoms with E-state index in [-0.39, 0.29) is 5.41 Å². The number of hydrogen-bond acceptors (Lipinski definition) is 1. The molecule has 2 aliphatic carbocycles.